The summed E-state index contributed by atoms with van der Waals surface area (Å²) in [6, 6.07) is 17.7. The predicted molar refractivity (Wildman–Crippen MR) is 74.6 cm³/mol. The molecule has 0 amide bonds. The first-order valence-electron chi connectivity index (χ1n) is 6.03. The normalized spacial score (nSPS) is 10.3. The second kappa shape index (κ2) is 4.83. The molecule has 0 bridgehead atoms. The van der Waals surface area contributed by atoms with Crippen molar-refractivity contribution in [1.82, 2.24) is 9.97 Å². The van der Waals surface area contributed by atoms with Crippen LogP contribution in [0.1, 0.15) is 11.1 Å². The average molecular weight is 248 g/mol. The van der Waals surface area contributed by atoms with Gasteiger partial charge in [-0.3, -0.25) is 0 Å². The number of nitrogens with zero attached hydrogens (tertiary/aromatic N) is 2. The van der Waals surface area contributed by atoms with Crippen molar-refractivity contribution in [1.29, 1.82) is 5.26 Å². The van der Waals surface area contributed by atoms with E-state index in [0.717, 1.165) is 11.0 Å². The molecule has 0 saturated carbocycles. The van der Waals surface area contributed by atoms with Crippen molar-refractivity contribution < 1.29 is 0 Å². The van der Waals surface area contributed by atoms with E-state index in [0.29, 0.717) is 18.1 Å². The van der Waals surface area contributed by atoms with E-state index >= 15 is 0 Å². The molecule has 0 atom stereocenters. The monoisotopic (exact) mass is 248 g/mol. The zero-order valence-corrected chi connectivity index (χ0v) is 10.2. The van der Waals surface area contributed by atoms with Crippen LogP contribution in [0, 0.1) is 11.3 Å². The van der Waals surface area contributed by atoms with Crippen LogP contribution in [0.4, 0.5) is 5.95 Å². The first-order chi connectivity index (χ1) is 9.35. The van der Waals surface area contributed by atoms with E-state index < -0.39 is 0 Å². The van der Waals surface area contributed by atoms with Gasteiger partial charge < -0.3 is 10.3 Å². The number of aromatic amines is 1. The molecule has 1 heterocycles. The molecule has 0 radical (unpaired) electrons. The Balaban J connectivity index is 1.80. The Hall–Kier alpha value is -2.80. The lowest BCUT2D eigenvalue weighted by Crippen LogP contribution is -2.00. The number of H-pyrrole nitrogens is 1. The Morgan fingerprint density at radius 3 is 2.79 bits per heavy atom. The number of hydrogen-bond acceptors (Lipinski definition) is 3. The zero-order chi connectivity index (χ0) is 13.1. The lowest BCUT2D eigenvalue weighted by molar-refractivity contribution is 1.10. The predicted octanol–water partition coefficient (Wildman–Crippen LogP) is 3.05. The maximum absolute atomic E-state index is 8.86. The van der Waals surface area contributed by atoms with Gasteiger partial charge in [-0.25, -0.2) is 4.98 Å². The number of nitrogens with one attached hydrogen (secondary N) is 2. The van der Waals surface area contributed by atoms with Gasteiger partial charge in [0, 0.05) is 6.54 Å². The third-order valence-electron chi connectivity index (χ3n) is 2.91. The summed E-state index contributed by atoms with van der Waals surface area (Å²) in [5.41, 5.74) is 3.55. The lowest BCUT2D eigenvalue weighted by Gasteiger charge is -2.01. The summed E-state index contributed by atoms with van der Waals surface area (Å²) in [6.45, 7) is 0.714. The number of benzene rings is 2. The molecule has 0 saturated heterocycles. The van der Waals surface area contributed by atoms with Crippen molar-refractivity contribution in [3.05, 3.63) is 59.7 Å². The molecule has 0 unspecified atom stereocenters. The van der Waals surface area contributed by atoms with E-state index in [1.54, 1.807) is 12.1 Å². The molecule has 0 aliphatic heterocycles. The average Bonchev–Trinajstić information content (AvgIpc) is 2.88. The largest absolute Gasteiger partial charge is 0.352 e. The number of hydrogen-bond donors (Lipinski definition) is 2. The highest BCUT2D eigenvalue weighted by atomic mass is 15.1. The topological polar surface area (TPSA) is 64.5 Å². The molecular weight excluding hydrogens is 236 g/mol. The summed E-state index contributed by atoms with van der Waals surface area (Å²) < 4.78 is 0. The molecule has 2 N–H and O–H groups in total. The number of fused-ring (bicyclic) bond motifs is 1. The van der Waals surface area contributed by atoms with Crippen LogP contribution in [0.25, 0.3) is 11.0 Å². The SMILES string of the molecule is N#Cc1ccc2nc(NCc3ccccc3)[nH]c2c1. The van der Waals surface area contributed by atoms with Gasteiger partial charge in [-0.1, -0.05) is 30.3 Å². The van der Waals surface area contributed by atoms with Crippen LogP contribution in [0.3, 0.4) is 0 Å². The fourth-order valence-corrected chi connectivity index (χ4v) is 1.94. The number of anilines is 1. The number of aromatic nitrogens is 2. The van der Waals surface area contributed by atoms with E-state index in [1.165, 1.54) is 5.56 Å². The van der Waals surface area contributed by atoms with Crippen molar-refractivity contribution in [2.75, 3.05) is 5.32 Å². The van der Waals surface area contributed by atoms with Gasteiger partial charge in [0.15, 0.2) is 0 Å². The highest BCUT2D eigenvalue weighted by molar-refractivity contribution is 5.78. The first kappa shape index (κ1) is 11.3. The molecule has 0 spiro atoms. The molecule has 0 fully saturated rings. The number of rotatable bonds is 3. The van der Waals surface area contributed by atoms with Gasteiger partial charge in [0.1, 0.15) is 0 Å². The Morgan fingerprint density at radius 2 is 2.00 bits per heavy atom. The summed E-state index contributed by atoms with van der Waals surface area (Å²) in [6.07, 6.45) is 0. The van der Waals surface area contributed by atoms with E-state index in [2.05, 4.69) is 33.5 Å². The minimum Gasteiger partial charge on any atom is -0.352 e. The standard InChI is InChI=1S/C15H12N4/c16-9-12-6-7-13-14(8-12)19-15(18-13)17-10-11-4-2-1-3-5-11/h1-8H,10H2,(H2,17,18,19). The maximum atomic E-state index is 8.86. The first-order valence-corrected chi connectivity index (χ1v) is 6.03. The lowest BCUT2D eigenvalue weighted by atomic mass is 10.2. The Morgan fingerprint density at radius 1 is 1.16 bits per heavy atom. The Labute approximate surface area is 110 Å². The van der Waals surface area contributed by atoms with Crippen LogP contribution >= 0.6 is 0 Å². The van der Waals surface area contributed by atoms with E-state index in [9.17, 15) is 0 Å². The summed E-state index contributed by atoms with van der Waals surface area (Å²) in [4.78, 5) is 7.59. The van der Waals surface area contributed by atoms with Crippen molar-refractivity contribution in [3.63, 3.8) is 0 Å². The molecule has 92 valence electrons. The molecule has 0 aliphatic carbocycles. The van der Waals surface area contributed by atoms with Crippen molar-refractivity contribution in [2.45, 2.75) is 6.54 Å². The van der Waals surface area contributed by atoms with Gasteiger partial charge in [0.25, 0.3) is 0 Å². The smallest absolute Gasteiger partial charge is 0.201 e. The summed E-state index contributed by atoms with van der Waals surface area (Å²) in [5, 5.41) is 12.1. The fraction of sp³-hybridized carbons (Fsp3) is 0.0667. The molecule has 2 aromatic carbocycles. The van der Waals surface area contributed by atoms with E-state index in [4.69, 9.17) is 5.26 Å². The van der Waals surface area contributed by atoms with Gasteiger partial charge in [-0.15, -0.1) is 0 Å². The highest BCUT2D eigenvalue weighted by Gasteiger charge is 2.03. The highest BCUT2D eigenvalue weighted by Crippen LogP contribution is 2.16. The number of imidazole rings is 1. The molecule has 1 aromatic heterocycles. The molecule has 3 rings (SSSR count). The molecule has 19 heavy (non-hydrogen) atoms. The van der Waals surface area contributed by atoms with Crippen LogP contribution in [-0.4, -0.2) is 9.97 Å². The van der Waals surface area contributed by atoms with E-state index in [-0.39, 0.29) is 0 Å². The van der Waals surface area contributed by atoms with Crippen molar-refractivity contribution in [2.24, 2.45) is 0 Å². The van der Waals surface area contributed by atoms with Gasteiger partial charge in [-0.2, -0.15) is 5.26 Å². The second-order valence-electron chi connectivity index (χ2n) is 4.27. The van der Waals surface area contributed by atoms with Crippen molar-refractivity contribution >= 4 is 17.0 Å². The summed E-state index contributed by atoms with van der Waals surface area (Å²) in [7, 11) is 0. The maximum Gasteiger partial charge on any atom is 0.201 e. The zero-order valence-electron chi connectivity index (χ0n) is 10.2. The Bertz CT molecular complexity index is 738. The molecule has 4 heteroatoms. The molecular formula is C15H12N4. The van der Waals surface area contributed by atoms with Crippen LogP contribution < -0.4 is 5.32 Å². The third kappa shape index (κ3) is 2.40. The molecule has 4 nitrogen and oxygen atoms in total. The second-order valence-corrected chi connectivity index (χ2v) is 4.27. The summed E-state index contributed by atoms with van der Waals surface area (Å²) in [5.74, 6) is 0.717. The molecule has 3 aromatic rings. The minimum absolute atomic E-state index is 0.630. The Kier molecular flexibility index (Phi) is 2.87. The fourth-order valence-electron chi connectivity index (χ4n) is 1.94. The van der Waals surface area contributed by atoms with Gasteiger partial charge >= 0.3 is 0 Å². The van der Waals surface area contributed by atoms with Crippen LogP contribution in [0.5, 0.6) is 0 Å². The van der Waals surface area contributed by atoms with Gasteiger partial charge in [0.2, 0.25) is 5.95 Å². The van der Waals surface area contributed by atoms with Crippen LogP contribution in [0.2, 0.25) is 0 Å². The third-order valence-corrected chi connectivity index (χ3v) is 2.91. The minimum atomic E-state index is 0.630. The quantitative estimate of drug-likeness (QED) is 0.748. The van der Waals surface area contributed by atoms with Gasteiger partial charge in [0.05, 0.1) is 22.7 Å². The van der Waals surface area contributed by atoms with Crippen LogP contribution in [-0.2, 0) is 6.54 Å². The van der Waals surface area contributed by atoms with Crippen LogP contribution in [0.15, 0.2) is 48.5 Å². The summed E-state index contributed by atoms with van der Waals surface area (Å²) >= 11 is 0. The van der Waals surface area contributed by atoms with Crippen molar-refractivity contribution in [3.8, 4) is 6.07 Å². The van der Waals surface area contributed by atoms with E-state index in [1.807, 2.05) is 24.3 Å². The van der Waals surface area contributed by atoms with Gasteiger partial charge in [-0.05, 0) is 23.8 Å². The molecule has 0 aliphatic rings. The number of nitriles is 1.